The smallest absolute Gasteiger partial charge is 0.322 e. The number of rotatable bonds is 6. The van der Waals surface area contributed by atoms with Crippen molar-refractivity contribution in [1.29, 1.82) is 0 Å². The SMILES string of the molecule is CCOC(=O)[C@H](N)CCCCN.Cl.Cl. The van der Waals surface area contributed by atoms with Gasteiger partial charge in [-0.05, 0) is 26.3 Å². The molecule has 0 radical (unpaired) electrons. The highest BCUT2D eigenvalue weighted by Crippen LogP contribution is 1.99. The Labute approximate surface area is 97.6 Å². The molecule has 14 heavy (non-hydrogen) atoms. The molecule has 0 bridgehead atoms. The Morgan fingerprint density at radius 2 is 1.93 bits per heavy atom. The molecule has 0 aromatic heterocycles. The van der Waals surface area contributed by atoms with E-state index < -0.39 is 6.04 Å². The van der Waals surface area contributed by atoms with Crippen molar-refractivity contribution in [2.75, 3.05) is 13.2 Å². The summed E-state index contributed by atoms with van der Waals surface area (Å²) < 4.78 is 4.74. The van der Waals surface area contributed by atoms with Crippen LogP contribution in [0.25, 0.3) is 0 Å². The van der Waals surface area contributed by atoms with Crippen molar-refractivity contribution in [3.8, 4) is 0 Å². The van der Waals surface area contributed by atoms with E-state index in [-0.39, 0.29) is 30.8 Å². The van der Waals surface area contributed by atoms with Gasteiger partial charge in [-0.15, -0.1) is 24.8 Å². The van der Waals surface area contributed by atoms with Crippen molar-refractivity contribution >= 4 is 30.8 Å². The maximum atomic E-state index is 11.0. The van der Waals surface area contributed by atoms with Crippen molar-refractivity contribution in [1.82, 2.24) is 0 Å². The zero-order valence-corrected chi connectivity index (χ0v) is 10.0. The minimum absolute atomic E-state index is 0. The van der Waals surface area contributed by atoms with Gasteiger partial charge in [-0.25, -0.2) is 0 Å². The molecule has 6 heteroatoms. The van der Waals surface area contributed by atoms with Crippen molar-refractivity contribution in [3.05, 3.63) is 0 Å². The lowest BCUT2D eigenvalue weighted by molar-refractivity contribution is -0.144. The zero-order chi connectivity index (χ0) is 9.40. The van der Waals surface area contributed by atoms with E-state index in [1.807, 2.05) is 0 Å². The first-order chi connectivity index (χ1) is 5.72. The monoisotopic (exact) mass is 246 g/mol. The van der Waals surface area contributed by atoms with Crippen LogP contribution in [0.1, 0.15) is 26.2 Å². The minimum atomic E-state index is -0.475. The van der Waals surface area contributed by atoms with Gasteiger partial charge in [0.25, 0.3) is 0 Å². The molecule has 4 N–H and O–H groups in total. The van der Waals surface area contributed by atoms with E-state index in [1.165, 1.54) is 0 Å². The van der Waals surface area contributed by atoms with E-state index in [2.05, 4.69) is 0 Å². The van der Waals surface area contributed by atoms with Gasteiger partial charge < -0.3 is 16.2 Å². The lowest BCUT2D eigenvalue weighted by atomic mass is 10.1. The Morgan fingerprint density at radius 1 is 1.36 bits per heavy atom. The summed E-state index contributed by atoms with van der Waals surface area (Å²) in [5, 5.41) is 0. The van der Waals surface area contributed by atoms with Crippen LogP contribution in [-0.2, 0) is 9.53 Å². The van der Waals surface area contributed by atoms with Crippen LogP contribution in [-0.4, -0.2) is 25.2 Å². The van der Waals surface area contributed by atoms with Crippen molar-refractivity contribution < 1.29 is 9.53 Å². The molecule has 0 saturated carbocycles. The summed E-state index contributed by atoms with van der Waals surface area (Å²) in [6.45, 7) is 2.81. The van der Waals surface area contributed by atoms with E-state index in [9.17, 15) is 4.79 Å². The molecule has 0 aliphatic rings. The van der Waals surface area contributed by atoms with Gasteiger partial charge in [-0.2, -0.15) is 0 Å². The fourth-order valence-electron chi connectivity index (χ4n) is 0.876. The van der Waals surface area contributed by atoms with Gasteiger partial charge in [0.05, 0.1) is 6.61 Å². The van der Waals surface area contributed by atoms with Gasteiger partial charge >= 0.3 is 5.97 Å². The first-order valence-electron chi connectivity index (χ1n) is 4.34. The summed E-state index contributed by atoms with van der Waals surface area (Å²) in [6.07, 6.45) is 2.46. The number of halogens is 2. The molecule has 88 valence electrons. The number of carbonyl (C=O) groups is 1. The van der Waals surface area contributed by atoms with E-state index in [0.29, 0.717) is 19.6 Å². The molecule has 0 saturated heterocycles. The third-order valence-electron chi connectivity index (χ3n) is 1.56. The van der Waals surface area contributed by atoms with Crippen LogP contribution in [0.3, 0.4) is 0 Å². The Balaban J connectivity index is -0.000000605. The molecule has 0 aromatic rings. The molecular weight excluding hydrogens is 227 g/mol. The molecule has 4 nitrogen and oxygen atoms in total. The van der Waals surface area contributed by atoms with Crippen LogP contribution in [0.5, 0.6) is 0 Å². The molecule has 0 aliphatic carbocycles. The summed E-state index contributed by atoms with van der Waals surface area (Å²) in [4.78, 5) is 11.0. The van der Waals surface area contributed by atoms with E-state index in [0.717, 1.165) is 12.8 Å². The molecule has 0 heterocycles. The summed E-state index contributed by atoms with van der Waals surface area (Å²) in [5.41, 5.74) is 10.8. The van der Waals surface area contributed by atoms with Gasteiger partial charge in [-0.1, -0.05) is 6.42 Å². The van der Waals surface area contributed by atoms with Crippen molar-refractivity contribution in [2.45, 2.75) is 32.2 Å². The average molecular weight is 247 g/mol. The standard InChI is InChI=1S/C8H18N2O2.2ClH/c1-2-12-8(11)7(10)5-3-4-6-9;;/h7H,2-6,9-10H2,1H3;2*1H/t7-;;/m1../s1. The maximum Gasteiger partial charge on any atom is 0.322 e. The average Bonchev–Trinajstić information content (AvgIpc) is 2.05. The Bertz CT molecular complexity index is 137. The number of esters is 1. The molecule has 0 spiro atoms. The second-order valence-corrected chi connectivity index (χ2v) is 2.64. The predicted molar refractivity (Wildman–Crippen MR) is 62.0 cm³/mol. The van der Waals surface area contributed by atoms with Crippen molar-refractivity contribution in [2.24, 2.45) is 11.5 Å². The first-order valence-corrected chi connectivity index (χ1v) is 4.34. The van der Waals surface area contributed by atoms with E-state index in [1.54, 1.807) is 6.92 Å². The van der Waals surface area contributed by atoms with Crippen molar-refractivity contribution in [3.63, 3.8) is 0 Å². The number of hydrogen-bond donors (Lipinski definition) is 2. The third kappa shape index (κ3) is 10.1. The fourth-order valence-corrected chi connectivity index (χ4v) is 0.876. The number of ether oxygens (including phenoxy) is 1. The molecule has 1 atom stereocenters. The Morgan fingerprint density at radius 3 is 2.36 bits per heavy atom. The number of hydrogen-bond acceptors (Lipinski definition) is 4. The minimum Gasteiger partial charge on any atom is -0.465 e. The third-order valence-corrected chi connectivity index (χ3v) is 1.56. The largest absolute Gasteiger partial charge is 0.465 e. The number of carbonyl (C=O) groups excluding carboxylic acids is 1. The lowest BCUT2D eigenvalue weighted by Gasteiger charge is -2.09. The number of unbranched alkanes of at least 4 members (excludes halogenated alkanes) is 1. The Kier molecular flexibility index (Phi) is 18.1. The predicted octanol–water partition coefficient (Wildman–Crippen LogP) is 0.849. The summed E-state index contributed by atoms with van der Waals surface area (Å²) in [5.74, 6) is -0.311. The van der Waals surface area contributed by atoms with E-state index in [4.69, 9.17) is 16.2 Å². The molecule has 0 aliphatic heterocycles. The van der Waals surface area contributed by atoms with Crippen LogP contribution >= 0.6 is 24.8 Å². The van der Waals surface area contributed by atoms with Gasteiger partial charge in [-0.3, -0.25) is 4.79 Å². The first kappa shape index (κ1) is 19.5. The molecule has 0 amide bonds. The van der Waals surface area contributed by atoms with E-state index >= 15 is 0 Å². The second kappa shape index (κ2) is 13.0. The highest BCUT2D eigenvalue weighted by atomic mass is 35.5. The van der Waals surface area contributed by atoms with Crippen LogP contribution < -0.4 is 11.5 Å². The molecule has 0 rings (SSSR count). The fraction of sp³-hybridized carbons (Fsp3) is 0.875. The molecule has 0 fully saturated rings. The molecule has 0 unspecified atom stereocenters. The summed E-state index contributed by atoms with van der Waals surface area (Å²) in [7, 11) is 0. The lowest BCUT2D eigenvalue weighted by Crippen LogP contribution is -2.32. The summed E-state index contributed by atoms with van der Waals surface area (Å²) >= 11 is 0. The Hall–Kier alpha value is -0.0300. The summed E-state index contributed by atoms with van der Waals surface area (Å²) in [6, 6.07) is -0.475. The van der Waals surface area contributed by atoms with Crippen LogP contribution in [0, 0.1) is 0 Å². The zero-order valence-electron chi connectivity index (χ0n) is 8.40. The van der Waals surface area contributed by atoms with Gasteiger partial charge in [0, 0.05) is 0 Å². The maximum absolute atomic E-state index is 11.0. The quantitative estimate of drug-likeness (QED) is 0.538. The van der Waals surface area contributed by atoms with Gasteiger partial charge in [0.2, 0.25) is 0 Å². The second-order valence-electron chi connectivity index (χ2n) is 2.64. The molecular formula is C8H20Cl2N2O2. The van der Waals surface area contributed by atoms with Gasteiger partial charge in [0.15, 0.2) is 0 Å². The van der Waals surface area contributed by atoms with Crippen LogP contribution in [0.15, 0.2) is 0 Å². The van der Waals surface area contributed by atoms with Crippen LogP contribution in [0.4, 0.5) is 0 Å². The highest BCUT2D eigenvalue weighted by molar-refractivity contribution is 5.85. The van der Waals surface area contributed by atoms with Crippen LogP contribution in [0.2, 0.25) is 0 Å². The number of nitrogens with two attached hydrogens (primary N) is 2. The topological polar surface area (TPSA) is 78.3 Å². The van der Waals surface area contributed by atoms with Gasteiger partial charge in [0.1, 0.15) is 6.04 Å². The highest BCUT2D eigenvalue weighted by Gasteiger charge is 2.12. The molecule has 0 aromatic carbocycles. The normalized spacial score (nSPS) is 10.8.